The number of imidazole rings is 1. The number of aryl methyl sites for hydroxylation is 1. The third-order valence-electron chi connectivity index (χ3n) is 4.91. The zero-order valence-corrected chi connectivity index (χ0v) is 16.0. The number of aromatic nitrogens is 2. The van der Waals surface area contributed by atoms with Gasteiger partial charge in [0, 0.05) is 32.5 Å². The van der Waals surface area contributed by atoms with Crippen LogP contribution < -0.4 is 4.90 Å². The fraction of sp³-hybridized carbons (Fsp3) is 0.316. The van der Waals surface area contributed by atoms with Gasteiger partial charge in [0.2, 0.25) is 10.0 Å². The molecule has 0 radical (unpaired) electrons. The molecule has 1 aliphatic rings. The number of benzene rings is 1. The van der Waals surface area contributed by atoms with Crippen LogP contribution in [0.1, 0.15) is 16.8 Å². The Morgan fingerprint density at radius 3 is 2.77 bits per heavy atom. The van der Waals surface area contributed by atoms with Crippen LogP contribution in [0.5, 0.6) is 0 Å². The van der Waals surface area contributed by atoms with Crippen LogP contribution >= 0.6 is 0 Å². The van der Waals surface area contributed by atoms with Gasteiger partial charge in [0.1, 0.15) is 5.65 Å². The molecule has 0 saturated carbocycles. The molecule has 0 spiro atoms. The Labute approximate surface area is 153 Å². The van der Waals surface area contributed by atoms with Crippen LogP contribution in [0.4, 0.5) is 5.69 Å². The van der Waals surface area contributed by atoms with E-state index in [1.54, 1.807) is 26.2 Å². The van der Waals surface area contributed by atoms with Gasteiger partial charge in [-0.15, -0.1) is 0 Å². The quantitative estimate of drug-likeness (QED) is 0.708. The molecule has 0 atom stereocenters. The lowest BCUT2D eigenvalue weighted by molar-refractivity contribution is 0.521. The van der Waals surface area contributed by atoms with Gasteiger partial charge in [0.25, 0.3) is 0 Å². The average molecular weight is 370 g/mol. The van der Waals surface area contributed by atoms with Crippen molar-refractivity contribution in [2.24, 2.45) is 0 Å². The molecule has 1 aliphatic heterocycles. The maximum Gasteiger partial charge on any atom is 0.242 e. The zero-order chi connectivity index (χ0) is 18.5. The van der Waals surface area contributed by atoms with Gasteiger partial charge in [-0.2, -0.15) is 0 Å². The lowest BCUT2D eigenvalue weighted by Crippen LogP contribution is -2.23. The van der Waals surface area contributed by atoms with E-state index in [1.807, 2.05) is 18.3 Å². The number of rotatable bonds is 4. The first-order valence-electron chi connectivity index (χ1n) is 8.59. The minimum Gasteiger partial charge on any atom is -0.365 e. The Bertz CT molecular complexity index is 1090. The number of sulfonamides is 1. The highest BCUT2D eigenvalue weighted by atomic mass is 32.2. The van der Waals surface area contributed by atoms with Crippen molar-refractivity contribution in [3.8, 4) is 0 Å². The third-order valence-corrected chi connectivity index (χ3v) is 6.72. The largest absolute Gasteiger partial charge is 0.365 e. The number of pyridine rings is 1. The van der Waals surface area contributed by atoms with Crippen LogP contribution in [-0.4, -0.2) is 42.7 Å². The molecule has 26 heavy (non-hydrogen) atoms. The van der Waals surface area contributed by atoms with Crippen molar-refractivity contribution in [3.05, 3.63) is 59.5 Å². The number of nitrogens with zero attached hydrogens (tertiary/aromatic N) is 4. The first-order valence-corrected chi connectivity index (χ1v) is 10.0. The molecule has 0 fully saturated rings. The molecule has 6 nitrogen and oxygen atoms in total. The van der Waals surface area contributed by atoms with E-state index in [0.29, 0.717) is 11.4 Å². The molecule has 136 valence electrons. The summed E-state index contributed by atoms with van der Waals surface area (Å²) >= 11 is 0. The molecule has 4 rings (SSSR count). The minimum atomic E-state index is -3.44. The smallest absolute Gasteiger partial charge is 0.242 e. The van der Waals surface area contributed by atoms with Crippen molar-refractivity contribution in [1.29, 1.82) is 0 Å². The van der Waals surface area contributed by atoms with Gasteiger partial charge >= 0.3 is 0 Å². The zero-order valence-electron chi connectivity index (χ0n) is 15.2. The van der Waals surface area contributed by atoms with Crippen LogP contribution in [-0.2, 0) is 23.0 Å². The van der Waals surface area contributed by atoms with Gasteiger partial charge in [0.05, 0.1) is 23.3 Å². The number of hydrogen-bond donors (Lipinski definition) is 0. The maximum absolute atomic E-state index is 12.5. The minimum absolute atomic E-state index is 0.335. The first kappa shape index (κ1) is 17.1. The van der Waals surface area contributed by atoms with E-state index in [2.05, 4.69) is 33.5 Å². The van der Waals surface area contributed by atoms with Gasteiger partial charge in [-0.25, -0.2) is 17.7 Å². The molecular weight excluding hydrogens is 348 g/mol. The second kappa shape index (κ2) is 6.10. The lowest BCUT2D eigenvalue weighted by Gasteiger charge is -2.20. The molecule has 0 unspecified atom stereocenters. The Morgan fingerprint density at radius 1 is 1.19 bits per heavy atom. The van der Waals surface area contributed by atoms with Crippen LogP contribution in [0.25, 0.3) is 5.65 Å². The Morgan fingerprint density at radius 2 is 2.00 bits per heavy atom. The fourth-order valence-electron chi connectivity index (χ4n) is 3.41. The van der Waals surface area contributed by atoms with Gasteiger partial charge in [-0.05, 0) is 42.7 Å². The molecular formula is C19H22N4O2S. The van der Waals surface area contributed by atoms with Crippen molar-refractivity contribution >= 4 is 21.4 Å². The first-order chi connectivity index (χ1) is 12.4. The average Bonchev–Trinajstić information content (AvgIpc) is 3.19. The summed E-state index contributed by atoms with van der Waals surface area (Å²) in [6, 6.07) is 9.50. The Balaban J connectivity index is 1.70. The van der Waals surface area contributed by atoms with Crippen LogP contribution in [0, 0.1) is 6.92 Å². The van der Waals surface area contributed by atoms with E-state index in [1.165, 1.54) is 15.4 Å². The molecule has 7 heteroatoms. The molecule has 3 heterocycles. The van der Waals surface area contributed by atoms with E-state index in [-0.39, 0.29) is 0 Å². The summed E-state index contributed by atoms with van der Waals surface area (Å²) in [6.07, 6.45) is 4.90. The summed E-state index contributed by atoms with van der Waals surface area (Å²) in [5, 5.41) is 0. The van der Waals surface area contributed by atoms with Gasteiger partial charge < -0.3 is 9.30 Å². The molecule has 0 saturated heterocycles. The van der Waals surface area contributed by atoms with E-state index in [9.17, 15) is 8.42 Å². The topological polar surface area (TPSA) is 57.9 Å². The summed E-state index contributed by atoms with van der Waals surface area (Å²) in [5.74, 6) is 0. The van der Waals surface area contributed by atoms with Crippen LogP contribution in [0.2, 0.25) is 0 Å². The molecule has 0 aliphatic carbocycles. The van der Waals surface area contributed by atoms with E-state index >= 15 is 0 Å². The second-order valence-corrected chi connectivity index (χ2v) is 9.09. The number of anilines is 1. The Hall–Kier alpha value is -2.38. The Kier molecular flexibility index (Phi) is 4.00. The predicted molar refractivity (Wildman–Crippen MR) is 102 cm³/mol. The summed E-state index contributed by atoms with van der Waals surface area (Å²) in [7, 11) is -0.322. The SMILES string of the molecule is Cc1ccc2ncc(CN3CCc4ccc(S(=O)(=O)N(C)C)cc43)n2c1. The van der Waals surface area contributed by atoms with Crippen molar-refractivity contribution in [2.45, 2.75) is 24.8 Å². The monoisotopic (exact) mass is 370 g/mol. The van der Waals surface area contributed by atoms with Crippen molar-refractivity contribution < 1.29 is 8.42 Å². The summed E-state index contributed by atoms with van der Waals surface area (Å²) < 4.78 is 28.3. The standard InChI is InChI=1S/C19H22N4O2S/c1-14-4-7-19-20-11-16(23(19)12-14)13-22-9-8-15-5-6-17(10-18(15)22)26(24,25)21(2)3/h4-7,10-12H,8-9,13H2,1-3H3. The van der Waals surface area contributed by atoms with Crippen LogP contribution in [0.3, 0.4) is 0 Å². The van der Waals surface area contributed by atoms with Gasteiger partial charge in [0.15, 0.2) is 0 Å². The molecule has 0 amide bonds. The van der Waals surface area contributed by atoms with Gasteiger partial charge in [-0.1, -0.05) is 12.1 Å². The molecule has 0 bridgehead atoms. The highest BCUT2D eigenvalue weighted by Gasteiger charge is 2.24. The molecule has 1 aromatic carbocycles. The van der Waals surface area contributed by atoms with Crippen LogP contribution in [0.15, 0.2) is 47.6 Å². The molecule has 3 aromatic rings. The highest BCUT2D eigenvalue weighted by Crippen LogP contribution is 2.32. The predicted octanol–water partition coefficient (Wildman–Crippen LogP) is 2.46. The van der Waals surface area contributed by atoms with E-state index in [4.69, 9.17) is 0 Å². The van der Waals surface area contributed by atoms with E-state index < -0.39 is 10.0 Å². The summed E-state index contributed by atoms with van der Waals surface area (Å²) in [6.45, 7) is 3.63. The maximum atomic E-state index is 12.5. The van der Waals surface area contributed by atoms with Crippen molar-refractivity contribution in [2.75, 3.05) is 25.5 Å². The van der Waals surface area contributed by atoms with Gasteiger partial charge in [-0.3, -0.25) is 0 Å². The molecule has 0 N–H and O–H groups in total. The van der Waals surface area contributed by atoms with E-state index in [0.717, 1.165) is 30.0 Å². The fourth-order valence-corrected chi connectivity index (χ4v) is 4.33. The normalized spacial score (nSPS) is 14.4. The third kappa shape index (κ3) is 2.77. The summed E-state index contributed by atoms with van der Waals surface area (Å²) in [4.78, 5) is 7.04. The highest BCUT2D eigenvalue weighted by molar-refractivity contribution is 7.89. The summed E-state index contributed by atoms with van der Waals surface area (Å²) in [5.41, 5.74) is 5.38. The number of hydrogen-bond acceptors (Lipinski definition) is 4. The molecule has 2 aromatic heterocycles. The van der Waals surface area contributed by atoms with Crippen molar-refractivity contribution in [1.82, 2.24) is 13.7 Å². The van der Waals surface area contributed by atoms with Crippen molar-refractivity contribution in [3.63, 3.8) is 0 Å². The number of fused-ring (bicyclic) bond motifs is 2. The second-order valence-electron chi connectivity index (χ2n) is 6.93. The lowest BCUT2D eigenvalue weighted by atomic mass is 10.2.